The Morgan fingerprint density at radius 3 is 2.38 bits per heavy atom. The number of H-pyrrole nitrogens is 1. The van der Waals surface area contributed by atoms with E-state index in [1.165, 1.54) is 18.2 Å². The predicted molar refractivity (Wildman–Crippen MR) is 120 cm³/mol. The zero-order valence-electron chi connectivity index (χ0n) is 18.3. The number of nitrogens with zero attached hydrogens (tertiary/aromatic N) is 3. The second-order valence-electron chi connectivity index (χ2n) is 7.54. The number of anilines is 1. The van der Waals surface area contributed by atoms with E-state index < -0.39 is 12.6 Å². The van der Waals surface area contributed by atoms with Crippen LogP contribution >= 0.6 is 0 Å². The van der Waals surface area contributed by atoms with Crippen LogP contribution in [-0.4, -0.2) is 58.5 Å². The second kappa shape index (κ2) is 10.1. The molecule has 0 bridgehead atoms. The maximum atomic E-state index is 12.7. The van der Waals surface area contributed by atoms with Crippen LogP contribution in [0.1, 0.15) is 19.4 Å². The number of aromatic amines is 1. The number of aromatic nitrogens is 2. The zero-order chi connectivity index (χ0) is 23.3. The first kappa shape index (κ1) is 23.7. The van der Waals surface area contributed by atoms with Gasteiger partial charge in [-0.3, -0.25) is 9.47 Å². The Balaban J connectivity index is 0.00000141. The van der Waals surface area contributed by atoms with E-state index in [4.69, 9.17) is 0 Å². The smallest absolute Gasteiger partial charge is 0.393 e. The Bertz CT molecular complexity index is 1080. The number of phenols is 1. The summed E-state index contributed by atoms with van der Waals surface area (Å²) in [4.78, 5) is 19.1. The number of nitrogens with one attached hydrogen (secondary N) is 1. The minimum absolute atomic E-state index is 0.0141. The van der Waals surface area contributed by atoms with Gasteiger partial charge in [-0.25, -0.2) is 4.79 Å². The maximum Gasteiger partial charge on any atom is 0.393 e. The summed E-state index contributed by atoms with van der Waals surface area (Å²) in [5, 5.41) is 10.1. The molecule has 0 amide bonds. The van der Waals surface area contributed by atoms with Gasteiger partial charge in [-0.2, -0.15) is 13.2 Å². The minimum atomic E-state index is -4.28. The van der Waals surface area contributed by atoms with Gasteiger partial charge < -0.3 is 15.0 Å². The molecule has 0 aliphatic carbocycles. The van der Waals surface area contributed by atoms with Gasteiger partial charge in [-0.05, 0) is 29.8 Å². The molecule has 4 rings (SSSR count). The predicted octanol–water partition coefficient (Wildman–Crippen LogP) is 3.99. The molecule has 1 aliphatic rings. The van der Waals surface area contributed by atoms with Crippen LogP contribution in [0.5, 0.6) is 5.75 Å². The number of aromatic hydroxyl groups is 1. The van der Waals surface area contributed by atoms with Gasteiger partial charge in [0.05, 0.1) is 23.1 Å². The first-order valence-electron chi connectivity index (χ1n) is 10.8. The van der Waals surface area contributed by atoms with Crippen LogP contribution in [0, 0.1) is 0 Å². The number of hydrogen-bond acceptors (Lipinski definition) is 4. The highest BCUT2D eigenvalue weighted by Crippen LogP contribution is 2.31. The summed E-state index contributed by atoms with van der Waals surface area (Å²) in [5.74, 6) is -0.0141. The number of piperazine rings is 1. The fourth-order valence-electron chi connectivity index (χ4n) is 3.95. The van der Waals surface area contributed by atoms with Gasteiger partial charge in [0, 0.05) is 39.3 Å². The van der Waals surface area contributed by atoms with E-state index in [0.717, 1.165) is 11.0 Å². The molecule has 174 valence electrons. The Hall–Kier alpha value is -2.94. The third kappa shape index (κ3) is 5.64. The fraction of sp³-hybridized carbons (Fsp3) is 0.435. The van der Waals surface area contributed by atoms with E-state index in [0.29, 0.717) is 45.0 Å². The number of benzene rings is 2. The highest BCUT2D eigenvalue weighted by atomic mass is 19.4. The molecule has 0 spiro atoms. The molecule has 3 aromatic rings. The normalized spacial score (nSPS) is 15.0. The first-order valence-corrected chi connectivity index (χ1v) is 10.8. The molecule has 0 unspecified atom stereocenters. The molecule has 2 aromatic carbocycles. The van der Waals surface area contributed by atoms with Gasteiger partial charge >= 0.3 is 11.9 Å². The number of imidazole rings is 1. The molecule has 1 saturated heterocycles. The van der Waals surface area contributed by atoms with Gasteiger partial charge in [0.15, 0.2) is 0 Å². The molecular formula is C23H29F3N4O2. The number of hydrogen-bond donors (Lipinski definition) is 2. The number of fused-ring (bicyclic) bond motifs is 1. The molecule has 2 heterocycles. The van der Waals surface area contributed by atoms with Crippen LogP contribution in [-0.2, 0) is 13.0 Å². The average molecular weight is 451 g/mol. The van der Waals surface area contributed by atoms with Crippen molar-refractivity contribution in [2.24, 2.45) is 0 Å². The quantitative estimate of drug-likeness (QED) is 0.617. The largest absolute Gasteiger partial charge is 0.506 e. The van der Waals surface area contributed by atoms with Gasteiger partial charge in [-0.15, -0.1) is 0 Å². The third-order valence-electron chi connectivity index (χ3n) is 5.48. The lowest BCUT2D eigenvalue weighted by Gasteiger charge is -2.36. The molecule has 6 nitrogen and oxygen atoms in total. The Morgan fingerprint density at radius 1 is 1.00 bits per heavy atom. The summed E-state index contributed by atoms with van der Waals surface area (Å²) >= 11 is 0. The third-order valence-corrected chi connectivity index (χ3v) is 5.48. The summed E-state index contributed by atoms with van der Waals surface area (Å²) in [6.45, 7) is 7.81. The highest BCUT2D eigenvalue weighted by Gasteiger charge is 2.28. The lowest BCUT2D eigenvalue weighted by atomic mass is 10.1. The standard InChI is InChI=1S/C21H23F3N4O2.C2H6/c22-21(23,24)14-15-5-6-19(29)18(13-15)27-10-7-26(8-11-27)9-12-28-17-4-2-1-3-16(17)25-20(28)30;1-2/h1-6,13,29H,7-12,14H2,(H,25,30);1-2H3. The van der Waals surface area contributed by atoms with Crippen molar-refractivity contribution in [2.75, 3.05) is 37.6 Å². The fourth-order valence-corrected chi connectivity index (χ4v) is 3.95. The van der Waals surface area contributed by atoms with Crippen molar-refractivity contribution < 1.29 is 18.3 Å². The summed E-state index contributed by atoms with van der Waals surface area (Å²) < 4.78 is 39.8. The molecule has 0 saturated carbocycles. The highest BCUT2D eigenvalue weighted by molar-refractivity contribution is 5.74. The molecule has 1 aromatic heterocycles. The number of rotatable bonds is 5. The zero-order valence-corrected chi connectivity index (χ0v) is 18.3. The maximum absolute atomic E-state index is 12.7. The van der Waals surface area contributed by atoms with Gasteiger partial charge in [-0.1, -0.05) is 32.0 Å². The van der Waals surface area contributed by atoms with Gasteiger partial charge in [0.2, 0.25) is 0 Å². The number of alkyl halides is 3. The molecule has 1 fully saturated rings. The van der Waals surface area contributed by atoms with Crippen molar-refractivity contribution in [3.63, 3.8) is 0 Å². The van der Waals surface area contributed by atoms with Crippen molar-refractivity contribution >= 4 is 16.7 Å². The lowest BCUT2D eigenvalue weighted by molar-refractivity contribution is -0.127. The lowest BCUT2D eigenvalue weighted by Crippen LogP contribution is -2.47. The van der Waals surface area contributed by atoms with Crippen LogP contribution < -0.4 is 10.6 Å². The summed E-state index contributed by atoms with van der Waals surface area (Å²) in [7, 11) is 0. The molecular weight excluding hydrogens is 421 g/mol. The molecule has 0 atom stereocenters. The number of para-hydroxylation sites is 2. The molecule has 32 heavy (non-hydrogen) atoms. The average Bonchev–Trinajstić information content (AvgIpc) is 3.09. The monoisotopic (exact) mass is 450 g/mol. The molecule has 0 radical (unpaired) electrons. The second-order valence-corrected chi connectivity index (χ2v) is 7.54. The Labute approximate surface area is 184 Å². The van der Waals surface area contributed by atoms with Crippen LogP contribution in [0.3, 0.4) is 0 Å². The van der Waals surface area contributed by atoms with E-state index in [-0.39, 0.29) is 17.0 Å². The summed E-state index contributed by atoms with van der Waals surface area (Å²) in [6, 6.07) is 11.6. The summed E-state index contributed by atoms with van der Waals surface area (Å²) in [5.41, 5.74) is 2.11. The van der Waals surface area contributed by atoms with Crippen LogP contribution in [0.25, 0.3) is 11.0 Å². The van der Waals surface area contributed by atoms with Crippen molar-refractivity contribution in [3.8, 4) is 5.75 Å². The van der Waals surface area contributed by atoms with Crippen LogP contribution in [0.4, 0.5) is 18.9 Å². The molecule has 1 aliphatic heterocycles. The number of phenolic OH excluding ortho intramolecular Hbond substituents is 1. The van der Waals surface area contributed by atoms with Crippen LogP contribution in [0.15, 0.2) is 47.3 Å². The van der Waals surface area contributed by atoms with E-state index in [9.17, 15) is 23.1 Å². The van der Waals surface area contributed by atoms with E-state index in [1.54, 1.807) is 4.57 Å². The van der Waals surface area contributed by atoms with Gasteiger partial charge in [0.1, 0.15) is 5.75 Å². The van der Waals surface area contributed by atoms with Crippen molar-refractivity contribution in [1.29, 1.82) is 0 Å². The van der Waals surface area contributed by atoms with Crippen molar-refractivity contribution in [1.82, 2.24) is 14.5 Å². The summed E-state index contributed by atoms with van der Waals surface area (Å²) in [6.07, 6.45) is -5.30. The van der Waals surface area contributed by atoms with E-state index >= 15 is 0 Å². The molecule has 2 N–H and O–H groups in total. The van der Waals surface area contributed by atoms with Gasteiger partial charge in [0.25, 0.3) is 0 Å². The SMILES string of the molecule is CC.O=c1[nH]c2ccccc2n1CCN1CCN(c2cc(CC(F)(F)F)ccc2O)CC1. The van der Waals surface area contributed by atoms with Crippen molar-refractivity contribution in [3.05, 3.63) is 58.5 Å². The number of halogens is 3. The van der Waals surface area contributed by atoms with Crippen molar-refractivity contribution in [2.45, 2.75) is 33.0 Å². The topological polar surface area (TPSA) is 64.5 Å². The first-order chi connectivity index (χ1) is 15.3. The Morgan fingerprint density at radius 2 is 1.69 bits per heavy atom. The molecule has 9 heteroatoms. The Kier molecular flexibility index (Phi) is 7.50. The van der Waals surface area contributed by atoms with Crippen LogP contribution in [0.2, 0.25) is 0 Å². The van der Waals surface area contributed by atoms with E-state index in [1.807, 2.05) is 43.0 Å². The minimum Gasteiger partial charge on any atom is -0.506 e. The van der Waals surface area contributed by atoms with E-state index in [2.05, 4.69) is 9.88 Å².